The lowest BCUT2D eigenvalue weighted by molar-refractivity contribution is 0.505. The van der Waals surface area contributed by atoms with E-state index in [4.69, 9.17) is 0 Å². The molecule has 0 nitrogen and oxygen atoms in total. The van der Waals surface area contributed by atoms with E-state index in [0.717, 1.165) is 0 Å². The Bertz CT molecular complexity index is 1280. The first-order valence-electron chi connectivity index (χ1n) is 52.9. The third kappa shape index (κ3) is 104. The van der Waals surface area contributed by atoms with Crippen LogP contribution in [-0.2, 0) is 0 Å². The molecule has 0 heterocycles. The van der Waals surface area contributed by atoms with Gasteiger partial charge in [-0.1, -0.05) is 682 Å². The van der Waals surface area contributed by atoms with Gasteiger partial charge in [0.1, 0.15) is 0 Å². The van der Waals surface area contributed by atoms with Crippen molar-refractivity contribution in [3.05, 3.63) is 0 Å². The predicted octanol–water partition coefficient (Wildman–Crippen LogP) is 41.6. The van der Waals surface area contributed by atoms with Crippen LogP contribution < -0.4 is 0 Å². The summed E-state index contributed by atoms with van der Waals surface area (Å²) in [6.07, 6.45) is 155. The smallest absolute Gasteiger partial charge is 0.0533 e. The van der Waals surface area contributed by atoms with E-state index in [-0.39, 0.29) is 0 Å². The molecule has 0 aromatic rings. The molecular formula is C106H214. The lowest BCUT2D eigenvalue weighted by atomic mass is 10.0. The predicted molar refractivity (Wildman–Crippen MR) is 492 cm³/mol. The van der Waals surface area contributed by atoms with Gasteiger partial charge in [-0.3, -0.25) is 0 Å². The minimum Gasteiger partial charge on any atom is -0.0654 e. The van der Waals surface area contributed by atoms with Gasteiger partial charge >= 0.3 is 0 Å². The molecule has 0 aliphatic rings. The third-order valence-electron chi connectivity index (χ3n) is 26.0. The van der Waals surface area contributed by atoms with Crippen molar-refractivity contribution in [3.63, 3.8) is 0 Å². The molecule has 0 aromatic heterocycles. The van der Waals surface area contributed by atoms with Crippen LogP contribution in [0.25, 0.3) is 0 Å². The van der Waals surface area contributed by atoms with Crippen molar-refractivity contribution in [2.75, 3.05) is 0 Å². The highest BCUT2D eigenvalue weighted by atomic mass is 14.1. The molecule has 106 heavy (non-hydrogen) atoms. The highest BCUT2D eigenvalue weighted by molar-refractivity contribution is 4.60. The standard InChI is InChI=1S/C106H214/c1-3-5-7-9-11-13-15-17-19-21-23-25-27-29-31-33-35-37-39-41-43-45-47-49-51-53-55-57-59-61-63-65-67-69-71-73-75-77-79-81-83-85-87-89-91-93-95-97-99-101-103-105-106-104-102-100-98-96-94-92-90-88-86-84-82-80-78-76-74-72-70-68-66-64-62-60-58-56-54-52-50-48-46-44-42-40-38-36-34-32-30-28-26-24-22-20-18-16-14-12-10-8-6-4-2/h3-106H2,1-2H3. The first-order chi connectivity index (χ1) is 52.9. The summed E-state index contributed by atoms with van der Waals surface area (Å²) in [4.78, 5) is 0. The van der Waals surface area contributed by atoms with Crippen LogP contribution in [0.4, 0.5) is 0 Å². The SMILES string of the molecule is CCCCCCCCCCCCCCCCCCCCCCCCCCCCCCCCCCCCCCCCCCCCCCCCCCCCCCCCCCCCCCCCCCCCCCCCCCCCCCCCCCCCCCCCCCCCCCCCCCCCCCCCCC. The zero-order valence-corrected chi connectivity index (χ0v) is 75.5. The molecule has 0 aliphatic heterocycles. The van der Waals surface area contributed by atoms with Crippen molar-refractivity contribution in [1.82, 2.24) is 0 Å². The molecule has 0 aliphatic carbocycles. The minimum absolute atomic E-state index is 1.37. The van der Waals surface area contributed by atoms with Crippen LogP contribution in [0.1, 0.15) is 682 Å². The van der Waals surface area contributed by atoms with Crippen LogP contribution in [0.15, 0.2) is 0 Å². The Morgan fingerprint density at radius 1 is 0.0472 bits per heavy atom. The third-order valence-corrected chi connectivity index (χ3v) is 26.0. The second-order valence-electron chi connectivity index (χ2n) is 37.1. The summed E-state index contributed by atoms with van der Waals surface area (Å²) in [6.45, 7) is 4.64. The van der Waals surface area contributed by atoms with Crippen molar-refractivity contribution in [2.45, 2.75) is 682 Å². The van der Waals surface area contributed by atoms with Crippen molar-refractivity contribution in [1.29, 1.82) is 0 Å². The Labute approximate surface area is 677 Å². The molecule has 0 spiro atoms. The van der Waals surface area contributed by atoms with E-state index < -0.39 is 0 Å². The molecule has 0 fully saturated rings. The van der Waals surface area contributed by atoms with Crippen LogP contribution in [0.3, 0.4) is 0 Å². The molecule has 0 amide bonds. The molecule has 0 saturated heterocycles. The molecule has 0 atom stereocenters. The van der Waals surface area contributed by atoms with Crippen LogP contribution in [0.5, 0.6) is 0 Å². The van der Waals surface area contributed by atoms with E-state index in [1.54, 1.807) is 0 Å². The number of hydrogen-bond acceptors (Lipinski definition) is 0. The van der Waals surface area contributed by atoms with Gasteiger partial charge in [-0.05, 0) is 0 Å². The second-order valence-corrected chi connectivity index (χ2v) is 37.1. The van der Waals surface area contributed by atoms with Gasteiger partial charge < -0.3 is 0 Å². The zero-order valence-electron chi connectivity index (χ0n) is 75.5. The summed E-state index contributed by atoms with van der Waals surface area (Å²) in [5.41, 5.74) is 0. The number of unbranched alkanes of at least 4 members (excludes halogenated alkanes) is 103. The van der Waals surface area contributed by atoms with E-state index >= 15 is 0 Å². The van der Waals surface area contributed by atoms with E-state index in [1.807, 2.05) is 0 Å². The van der Waals surface area contributed by atoms with Crippen molar-refractivity contribution in [2.24, 2.45) is 0 Å². The van der Waals surface area contributed by atoms with Gasteiger partial charge in [0.2, 0.25) is 0 Å². The highest BCUT2D eigenvalue weighted by Gasteiger charge is 2.04. The Hall–Kier alpha value is 0. The molecule has 0 saturated carbocycles. The summed E-state index contributed by atoms with van der Waals surface area (Å²) in [7, 11) is 0. The average molecular weight is 1490 g/mol. The number of rotatable bonds is 103. The first-order valence-corrected chi connectivity index (χ1v) is 52.9. The van der Waals surface area contributed by atoms with Crippen LogP contribution in [0, 0.1) is 0 Å². The van der Waals surface area contributed by atoms with Crippen molar-refractivity contribution in [3.8, 4) is 0 Å². The summed E-state index contributed by atoms with van der Waals surface area (Å²) < 4.78 is 0. The fraction of sp³-hybridized carbons (Fsp3) is 1.00. The molecule has 0 rings (SSSR count). The van der Waals surface area contributed by atoms with Crippen molar-refractivity contribution >= 4 is 0 Å². The van der Waals surface area contributed by atoms with Gasteiger partial charge in [0.15, 0.2) is 0 Å². The topological polar surface area (TPSA) is 0 Å². The molecule has 0 radical (unpaired) electrons. The summed E-state index contributed by atoms with van der Waals surface area (Å²) in [5, 5.41) is 0. The van der Waals surface area contributed by atoms with Crippen LogP contribution >= 0.6 is 0 Å². The highest BCUT2D eigenvalue weighted by Crippen LogP contribution is 2.24. The molecule has 0 aromatic carbocycles. The largest absolute Gasteiger partial charge is 0.0654 e. The van der Waals surface area contributed by atoms with E-state index in [1.165, 1.54) is 668 Å². The summed E-state index contributed by atoms with van der Waals surface area (Å²) >= 11 is 0. The first kappa shape index (κ1) is 106. The minimum atomic E-state index is 1.37. The molecule has 0 N–H and O–H groups in total. The van der Waals surface area contributed by atoms with Crippen LogP contribution in [-0.4, -0.2) is 0 Å². The second kappa shape index (κ2) is 105. The molecular weight excluding hydrogens is 1270 g/mol. The number of hydrogen-bond donors (Lipinski definition) is 0. The normalized spacial score (nSPS) is 11.8. The monoisotopic (exact) mass is 1490 g/mol. The van der Waals surface area contributed by atoms with Crippen molar-refractivity contribution < 1.29 is 0 Å². The lowest BCUT2D eigenvalue weighted by Gasteiger charge is -2.05. The Balaban J connectivity index is 3.09. The maximum Gasteiger partial charge on any atom is -0.0533 e. The van der Waals surface area contributed by atoms with E-state index in [9.17, 15) is 0 Å². The fourth-order valence-electron chi connectivity index (χ4n) is 18.2. The summed E-state index contributed by atoms with van der Waals surface area (Å²) in [5.74, 6) is 0. The Morgan fingerprint density at radius 2 is 0.0755 bits per heavy atom. The van der Waals surface area contributed by atoms with Gasteiger partial charge in [0.25, 0.3) is 0 Å². The van der Waals surface area contributed by atoms with Crippen LogP contribution in [0.2, 0.25) is 0 Å². The summed E-state index contributed by atoms with van der Waals surface area (Å²) in [6, 6.07) is 0. The molecule has 638 valence electrons. The lowest BCUT2D eigenvalue weighted by Crippen LogP contribution is -1.85. The quantitative estimate of drug-likeness (QED) is 0.0533. The Morgan fingerprint density at radius 3 is 0.104 bits per heavy atom. The molecule has 0 unspecified atom stereocenters. The van der Waals surface area contributed by atoms with E-state index in [0.29, 0.717) is 0 Å². The molecule has 0 bridgehead atoms. The Kier molecular flexibility index (Phi) is 105. The van der Waals surface area contributed by atoms with Gasteiger partial charge in [0, 0.05) is 0 Å². The van der Waals surface area contributed by atoms with Gasteiger partial charge in [0.05, 0.1) is 0 Å². The maximum absolute atomic E-state index is 2.32. The van der Waals surface area contributed by atoms with E-state index in [2.05, 4.69) is 13.8 Å². The fourth-order valence-corrected chi connectivity index (χ4v) is 18.2. The van der Waals surface area contributed by atoms with Gasteiger partial charge in [-0.2, -0.15) is 0 Å². The van der Waals surface area contributed by atoms with Gasteiger partial charge in [-0.25, -0.2) is 0 Å². The zero-order chi connectivity index (χ0) is 75.5. The molecule has 0 heteroatoms. The average Bonchev–Trinajstić information content (AvgIpc) is 3.85. The van der Waals surface area contributed by atoms with Gasteiger partial charge in [-0.15, -0.1) is 0 Å². The maximum atomic E-state index is 2.32.